The number of sulfonamides is 1. The van der Waals surface area contributed by atoms with Crippen LogP contribution >= 0.6 is 0 Å². The monoisotopic (exact) mass is 374 g/mol. The number of aromatic nitrogens is 1. The van der Waals surface area contributed by atoms with Crippen LogP contribution in [0.1, 0.15) is 30.5 Å². The van der Waals surface area contributed by atoms with E-state index in [-0.39, 0.29) is 23.4 Å². The summed E-state index contributed by atoms with van der Waals surface area (Å²) < 4.78 is 27.6. The minimum Gasteiger partial charge on any atom is -0.369 e. The number of benzene rings is 1. The minimum absolute atomic E-state index is 0.116. The number of nitrogens with one attached hydrogen (secondary N) is 3. The molecule has 2 aromatic rings. The Morgan fingerprint density at radius 3 is 2.81 bits per heavy atom. The smallest absolute Gasteiger partial charge is 0.240 e. The van der Waals surface area contributed by atoms with Gasteiger partial charge in [0.1, 0.15) is 5.82 Å². The molecule has 3 rings (SSSR count). The van der Waals surface area contributed by atoms with Gasteiger partial charge in [0.2, 0.25) is 15.9 Å². The van der Waals surface area contributed by atoms with Gasteiger partial charge < -0.3 is 10.6 Å². The fraction of sp³-hybridized carbons (Fsp3) is 0.333. The minimum atomic E-state index is -3.61. The van der Waals surface area contributed by atoms with Crippen LogP contribution < -0.4 is 15.4 Å². The number of carbonyl (C=O) groups excluding carboxylic acids is 1. The zero-order valence-corrected chi connectivity index (χ0v) is 15.3. The van der Waals surface area contributed by atoms with E-state index in [0.29, 0.717) is 12.4 Å². The van der Waals surface area contributed by atoms with Gasteiger partial charge in [-0.2, -0.15) is 0 Å². The average Bonchev–Trinajstić information content (AvgIpc) is 3.01. The van der Waals surface area contributed by atoms with E-state index in [1.165, 1.54) is 6.92 Å². The Morgan fingerprint density at radius 1 is 1.23 bits per heavy atom. The molecule has 0 aliphatic heterocycles. The van der Waals surface area contributed by atoms with Crippen LogP contribution in [0.25, 0.3) is 0 Å². The fourth-order valence-corrected chi connectivity index (χ4v) is 4.14. The predicted octanol–water partition coefficient (Wildman–Crippen LogP) is 1.60. The number of rotatable bonds is 7. The first-order chi connectivity index (χ1) is 12.5. The normalized spacial score (nSPS) is 16.1. The third-order valence-electron chi connectivity index (χ3n) is 4.27. The first-order valence-electron chi connectivity index (χ1n) is 8.50. The molecule has 0 bridgehead atoms. The summed E-state index contributed by atoms with van der Waals surface area (Å²) in [7, 11) is -3.61. The number of anilines is 1. The molecule has 1 aliphatic carbocycles. The van der Waals surface area contributed by atoms with Crippen molar-refractivity contribution in [1.82, 2.24) is 15.0 Å². The number of hydrogen-bond acceptors (Lipinski definition) is 5. The third-order valence-corrected chi connectivity index (χ3v) is 5.73. The van der Waals surface area contributed by atoms with Crippen LogP contribution in [0.2, 0.25) is 0 Å². The zero-order valence-electron chi connectivity index (χ0n) is 14.5. The van der Waals surface area contributed by atoms with Crippen molar-refractivity contribution in [2.24, 2.45) is 0 Å². The Kier molecular flexibility index (Phi) is 5.53. The second kappa shape index (κ2) is 7.84. The molecule has 0 saturated heterocycles. The van der Waals surface area contributed by atoms with E-state index in [1.807, 2.05) is 24.3 Å². The van der Waals surface area contributed by atoms with Crippen molar-refractivity contribution < 1.29 is 13.2 Å². The number of nitrogens with zero attached hydrogens (tertiary/aromatic N) is 1. The first kappa shape index (κ1) is 18.3. The van der Waals surface area contributed by atoms with Gasteiger partial charge in [-0.25, -0.2) is 18.1 Å². The van der Waals surface area contributed by atoms with Gasteiger partial charge in [-0.1, -0.05) is 12.1 Å². The van der Waals surface area contributed by atoms with E-state index in [4.69, 9.17) is 0 Å². The molecule has 7 nitrogen and oxygen atoms in total. The largest absolute Gasteiger partial charge is 0.369 e. The lowest BCUT2D eigenvalue weighted by atomic mass is 10.1. The summed E-state index contributed by atoms with van der Waals surface area (Å²) in [4.78, 5) is 15.7. The van der Waals surface area contributed by atoms with Gasteiger partial charge in [-0.15, -0.1) is 0 Å². The highest BCUT2D eigenvalue weighted by atomic mass is 32.2. The highest BCUT2D eigenvalue weighted by Gasteiger charge is 2.25. The SMILES string of the molecule is CC(=O)NC1CCc2ccc(S(=O)(=O)NCCNc3ccccn3)cc21. The van der Waals surface area contributed by atoms with Crippen LogP contribution in [-0.4, -0.2) is 32.4 Å². The molecule has 1 atom stereocenters. The molecule has 8 heteroatoms. The zero-order chi connectivity index (χ0) is 18.6. The van der Waals surface area contributed by atoms with Gasteiger partial charge in [0.25, 0.3) is 0 Å². The summed E-state index contributed by atoms with van der Waals surface area (Å²) in [5.74, 6) is 0.581. The topological polar surface area (TPSA) is 100 Å². The van der Waals surface area contributed by atoms with Gasteiger partial charge in [-0.3, -0.25) is 4.79 Å². The number of pyridine rings is 1. The molecule has 138 valence electrons. The molecule has 1 unspecified atom stereocenters. The van der Waals surface area contributed by atoms with Crippen LogP contribution in [0.4, 0.5) is 5.82 Å². The third kappa shape index (κ3) is 4.39. The molecule has 0 radical (unpaired) electrons. The summed E-state index contributed by atoms with van der Waals surface area (Å²) >= 11 is 0. The van der Waals surface area contributed by atoms with E-state index in [9.17, 15) is 13.2 Å². The summed E-state index contributed by atoms with van der Waals surface area (Å²) in [5.41, 5.74) is 1.97. The maximum Gasteiger partial charge on any atom is 0.240 e. The quantitative estimate of drug-likeness (QED) is 0.639. The molecular formula is C18H22N4O3S. The molecule has 0 fully saturated rings. The molecular weight excluding hydrogens is 352 g/mol. The van der Waals surface area contributed by atoms with Crippen LogP contribution in [0.15, 0.2) is 47.5 Å². The predicted molar refractivity (Wildman–Crippen MR) is 99.2 cm³/mol. The Morgan fingerprint density at radius 2 is 2.08 bits per heavy atom. The van der Waals surface area contributed by atoms with E-state index in [1.54, 1.807) is 18.3 Å². The van der Waals surface area contributed by atoms with Crippen LogP contribution in [0.3, 0.4) is 0 Å². The standard InChI is InChI=1S/C18H22N4O3S/c1-13(23)22-17-8-6-14-5-7-15(12-16(14)17)26(24,25)21-11-10-20-18-4-2-3-9-19-18/h2-5,7,9,12,17,21H,6,8,10-11H2,1H3,(H,19,20)(H,22,23). The second-order valence-electron chi connectivity index (χ2n) is 6.19. The molecule has 3 N–H and O–H groups in total. The number of aryl methyl sites for hydroxylation is 1. The molecule has 1 heterocycles. The molecule has 1 aromatic heterocycles. The van der Waals surface area contributed by atoms with Crippen molar-refractivity contribution in [3.63, 3.8) is 0 Å². The van der Waals surface area contributed by atoms with Crippen LogP contribution in [0, 0.1) is 0 Å². The van der Waals surface area contributed by atoms with Crippen molar-refractivity contribution in [1.29, 1.82) is 0 Å². The summed E-state index contributed by atoms with van der Waals surface area (Å²) in [6.07, 6.45) is 3.30. The lowest BCUT2D eigenvalue weighted by Gasteiger charge is -2.14. The molecule has 1 amide bonds. The second-order valence-corrected chi connectivity index (χ2v) is 7.96. The lowest BCUT2D eigenvalue weighted by Crippen LogP contribution is -2.29. The first-order valence-corrected chi connectivity index (χ1v) is 9.98. The molecule has 26 heavy (non-hydrogen) atoms. The number of amides is 1. The lowest BCUT2D eigenvalue weighted by molar-refractivity contribution is -0.119. The van der Waals surface area contributed by atoms with Gasteiger partial charge >= 0.3 is 0 Å². The number of fused-ring (bicyclic) bond motifs is 1. The summed E-state index contributed by atoms with van der Waals surface area (Å²) in [6, 6.07) is 10.5. The maximum absolute atomic E-state index is 12.5. The van der Waals surface area contributed by atoms with Gasteiger partial charge in [0.15, 0.2) is 0 Å². The van der Waals surface area contributed by atoms with Gasteiger partial charge in [-0.05, 0) is 48.2 Å². The maximum atomic E-state index is 12.5. The van der Waals surface area contributed by atoms with Gasteiger partial charge in [0, 0.05) is 26.2 Å². The number of carbonyl (C=O) groups is 1. The number of hydrogen-bond donors (Lipinski definition) is 3. The summed E-state index contributed by atoms with van der Waals surface area (Å²) in [5, 5.41) is 5.93. The van der Waals surface area contributed by atoms with E-state index in [0.717, 1.165) is 24.0 Å². The Hall–Kier alpha value is -2.45. The summed E-state index contributed by atoms with van der Waals surface area (Å²) in [6.45, 7) is 2.13. The van der Waals surface area contributed by atoms with Gasteiger partial charge in [0.05, 0.1) is 10.9 Å². The van der Waals surface area contributed by atoms with Crippen LogP contribution in [0.5, 0.6) is 0 Å². The average molecular weight is 374 g/mol. The molecule has 1 aromatic carbocycles. The Balaban J connectivity index is 1.63. The highest BCUT2D eigenvalue weighted by molar-refractivity contribution is 7.89. The molecule has 0 saturated carbocycles. The van der Waals surface area contributed by atoms with E-state index < -0.39 is 10.0 Å². The van der Waals surface area contributed by atoms with Crippen molar-refractivity contribution >= 4 is 21.7 Å². The van der Waals surface area contributed by atoms with Crippen molar-refractivity contribution in [2.75, 3.05) is 18.4 Å². The molecule has 1 aliphatic rings. The Labute approximate surface area is 153 Å². The van der Waals surface area contributed by atoms with Crippen molar-refractivity contribution in [3.05, 3.63) is 53.7 Å². The molecule has 0 spiro atoms. The van der Waals surface area contributed by atoms with E-state index >= 15 is 0 Å². The van der Waals surface area contributed by atoms with Crippen LogP contribution in [-0.2, 0) is 21.2 Å². The van der Waals surface area contributed by atoms with E-state index in [2.05, 4.69) is 20.3 Å². The fourth-order valence-electron chi connectivity index (χ4n) is 3.07. The van der Waals surface area contributed by atoms with Crippen molar-refractivity contribution in [2.45, 2.75) is 30.7 Å². The van der Waals surface area contributed by atoms with Crippen molar-refractivity contribution in [3.8, 4) is 0 Å². The highest BCUT2D eigenvalue weighted by Crippen LogP contribution is 2.32. The Bertz CT molecular complexity index is 885.